The first-order chi connectivity index (χ1) is 16.1. The first kappa shape index (κ1) is 26.1. The van der Waals surface area contributed by atoms with Crippen molar-refractivity contribution in [2.45, 2.75) is 18.9 Å². The fourth-order valence-electron chi connectivity index (χ4n) is 3.62. The number of carboxylic acid groups (broad SMARTS) is 1. The third kappa shape index (κ3) is 5.27. The number of H-pyrrole nitrogens is 1. The van der Waals surface area contributed by atoms with E-state index in [4.69, 9.17) is 15.6 Å². The smallest absolute Gasteiger partial charge is 0.323 e. The Morgan fingerprint density at radius 3 is 2.43 bits per heavy atom. The van der Waals surface area contributed by atoms with E-state index in [1.807, 2.05) is 4.90 Å². The molecule has 190 valence electrons. The van der Waals surface area contributed by atoms with Gasteiger partial charge in [0.15, 0.2) is 22.8 Å². The number of aromatic amines is 1. The minimum Gasteiger partial charge on any atom is -0.493 e. The number of carbonyl (C=O) groups is 1. The van der Waals surface area contributed by atoms with Crippen LogP contribution in [0.3, 0.4) is 0 Å². The molecule has 1 fully saturated rings. The molecule has 1 atom stereocenters. The van der Waals surface area contributed by atoms with Crippen LogP contribution in [0.25, 0.3) is 11.2 Å². The molecule has 2 aromatic heterocycles. The number of nitrogens with zero attached hydrogens (tertiary/aromatic N) is 6. The van der Waals surface area contributed by atoms with Gasteiger partial charge in [0.2, 0.25) is 5.95 Å². The molecule has 0 amide bonds. The summed E-state index contributed by atoms with van der Waals surface area (Å²) in [6, 6.07) is 2.11. The first-order valence-corrected chi connectivity index (χ1v) is 10.5. The van der Waals surface area contributed by atoms with E-state index < -0.39 is 28.7 Å². The van der Waals surface area contributed by atoms with Crippen molar-refractivity contribution in [1.82, 2.24) is 25.0 Å². The molecule has 0 radical (unpaired) electrons. The molecule has 0 unspecified atom stereocenters. The van der Waals surface area contributed by atoms with Gasteiger partial charge in [-0.2, -0.15) is 4.98 Å². The van der Waals surface area contributed by atoms with Crippen molar-refractivity contribution in [1.29, 1.82) is 0 Å². The standard InChI is InChI=1S/C20H24F2N8O4.ClH/c1-20(23,18(32)33)3-8-34-11-9-12(21)15(13(22)10-11)29-4-6-30(7-5-29)19-24-16-14(17(31)25-19)26-27-28(16)2;/h9-10H,3-8,23H2,1-2H3,(H,32,33)(H,24,25,31);1H/t20-;/m0./s1. The summed E-state index contributed by atoms with van der Waals surface area (Å²) in [4.78, 5) is 33.7. The number of benzene rings is 1. The van der Waals surface area contributed by atoms with Crippen LogP contribution in [-0.4, -0.2) is 74.4 Å². The fraction of sp³-hybridized carbons (Fsp3) is 0.450. The minimum absolute atomic E-state index is 0. The Morgan fingerprint density at radius 2 is 1.83 bits per heavy atom. The molecule has 0 saturated carbocycles. The van der Waals surface area contributed by atoms with Crippen LogP contribution in [0.5, 0.6) is 5.75 Å². The second kappa shape index (κ2) is 10.00. The number of fused-ring (bicyclic) bond motifs is 1. The van der Waals surface area contributed by atoms with Crippen LogP contribution in [0, 0.1) is 11.6 Å². The Bertz CT molecular complexity index is 1270. The summed E-state index contributed by atoms with van der Waals surface area (Å²) in [7, 11) is 1.63. The zero-order chi connectivity index (χ0) is 24.6. The predicted octanol–water partition coefficient (Wildman–Crippen LogP) is 0.649. The van der Waals surface area contributed by atoms with Crippen molar-refractivity contribution in [3.63, 3.8) is 0 Å². The lowest BCUT2D eigenvalue weighted by Gasteiger charge is -2.36. The summed E-state index contributed by atoms with van der Waals surface area (Å²) in [5.41, 5.74) is 3.99. The molecule has 4 N–H and O–H groups in total. The van der Waals surface area contributed by atoms with Crippen molar-refractivity contribution < 1.29 is 23.4 Å². The quantitative estimate of drug-likeness (QED) is 0.409. The lowest BCUT2D eigenvalue weighted by atomic mass is 10.0. The summed E-state index contributed by atoms with van der Waals surface area (Å²) in [6.45, 7) is 2.51. The molecule has 1 aliphatic rings. The molecule has 4 rings (SSSR count). The lowest BCUT2D eigenvalue weighted by molar-refractivity contribution is -0.143. The van der Waals surface area contributed by atoms with Gasteiger partial charge in [-0.15, -0.1) is 17.5 Å². The van der Waals surface area contributed by atoms with Gasteiger partial charge in [-0.1, -0.05) is 5.21 Å². The maximum Gasteiger partial charge on any atom is 0.323 e. The van der Waals surface area contributed by atoms with E-state index in [2.05, 4.69) is 20.3 Å². The maximum absolute atomic E-state index is 14.8. The van der Waals surface area contributed by atoms with Gasteiger partial charge in [0.1, 0.15) is 17.0 Å². The Hall–Kier alpha value is -3.52. The van der Waals surface area contributed by atoms with Crippen molar-refractivity contribution in [2.24, 2.45) is 12.8 Å². The third-order valence-corrected chi connectivity index (χ3v) is 5.71. The number of nitrogens with one attached hydrogen (secondary N) is 1. The molecule has 3 aromatic rings. The van der Waals surface area contributed by atoms with Crippen molar-refractivity contribution in [3.8, 4) is 5.75 Å². The largest absolute Gasteiger partial charge is 0.493 e. The average molecular weight is 515 g/mol. The monoisotopic (exact) mass is 514 g/mol. The van der Waals surface area contributed by atoms with Crippen molar-refractivity contribution >= 4 is 41.2 Å². The fourth-order valence-corrected chi connectivity index (χ4v) is 3.62. The van der Waals surface area contributed by atoms with Gasteiger partial charge in [-0.3, -0.25) is 14.6 Å². The van der Waals surface area contributed by atoms with Gasteiger partial charge in [0, 0.05) is 51.8 Å². The van der Waals surface area contributed by atoms with E-state index in [1.165, 1.54) is 11.6 Å². The summed E-state index contributed by atoms with van der Waals surface area (Å²) in [5.74, 6) is -2.52. The molecular weight excluding hydrogens is 490 g/mol. The summed E-state index contributed by atoms with van der Waals surface area (Å²) in [6.07, 6.45) is -0.0356. The van der Waals surface area contributed by atoms with Gasteiger partial charge in [0.05, 0.1) is 6.61 Å². The van der Waals surface area contributed by atoms with E-state index in [1.54, 1.807) is 11.9 Å². The predicted molar refractivity (Wildman–Crippen MR) is 125 cm³/mol. The van der Waals surface area contributed by atoms with Gasteiger partial charge in [0.25, 0.3) is 5.56 Å². The second-order valence-corrected chi connectivity index (χ2v) is 8.31. The highest BCUT2D eigenvalue weighted by Gasteiger charge is 2.28. The number of aryl methyl sites for hydroxylation is 1. The number of carboxylic acids is 1. The summed E-state index contributed by atoms with van der Waals surface area (Å²) >= 11 is 0. The van der Waals surface area contributed by atoms with Crippen LogP contribution >= 0.6 is 12.4 Å². The molecular formula is C20H25ClF2N8O4. The maximum atomic E-state index is 14.8. The highest BCUT2D eigenvalue weighted by atomic mass is 35.5. The molecule has 3 heterocycles. The van der Waals surface area contributed by atoms with E-state index in [9.17, 15) is 18.4 Å². The van der Waals surface area contributed by atoms with Crippen LogP contribution in [0.4, 0.5) is 20.4 Å². The molecule has 0 spiro atoms. The molecule has 0 aliphatic carbocycles. The number of hydrogen-bond acceptors (Lipinski definition) is 9. The zero-order valence-corrected chi connectivity index (χ0v) is 19.8. The summed E-state index contributed by atoms with van der Waals surface area (Å²) in [5, 5.41) is 16.6. The number of anilines is 2. The average Bonchev–Trinajstić information content (AvgIpc) is 3.15. The zero-order valence-electron chi connectivity index (χ0n) is 19.0. The van der Waals surface area contributed by atoms with Crippen molar-refractivity contribution in [2.75, 3.05) is 42.6 Å². The Balaban J connectivity index is 0.00000342. The molecule has 1 aromatic carbocycles. The van der Waals surface area contributed by atoms with Crippen LogP contribution in [-0.2, 0) is 11.8 Å². The van der Waals surface area contributed by atoms with Gasteiger partial charge in [-0.25, -0.2) is 13.5 Å². The van der Waals surface area contributed by atoms with Gasteiger partial charge >= 0.3 is 5.97 Å². The minimum atomic E-state index is -1.51. The van der Waals surface area contributed by atoms with E-state index >= 15 is 0 Å². The molecule has 1 saturated heterocycles. The number of piperazine rings is 1. The van der Waals surface area contributed by atoms with Crippen LogP contribution < -0.4 is 25.8 Å². The number of rotatable bonds is 7. The topological polar surface area (TPSA) is 155 Å². The molecule has 12 nitrogen and oxygen atoms in total. The Kier molecular flexibility index (Phi) is 7.45. The second-order valence-electron chi connectivity index (χ2n) is 8.31. The third-order valence-electron chi connectivity index (χ3n) is 5.71. The number of halogens is 3. The van der Waals surface area contributed by atoms with Gasteiger partial charge < -0.3 is 25.4 Å². The van der Waals surface area contributed by atoms with E-state index in [-0.39, 0.29) is 55.5 Å². The first-order valence-electron chi connectivity index (χ1n) is 10.5. The molecule has 35 heavy (non-hydrogen) atoms. The van der Waals surface area contributed by atoms with Crippen LogP contribution in [0.15, 0.2) is 16.9 Å². The number of nitrogens with two attached hydrogens (primary N) is 1. The Morgan fingerprint density at radius 1 is 1.23 bits per heavy atom. The molecule has 15 heteroatoms. The number of hydrogen-bond donors (Lipinski definition) is 3. The number of ether oxygens (including phenoxy) is 1. The van der Waals surface area contributed by atoms with E-state index in [0.29, 0.717) is 24.7 Å². The SMILES string of the molecule is Cl.Cn1nnc2c(=O)[nH]c(N3CCN(c4c(F)cc(OCC[C@](C)(N)C(=O)O)cc4F)CC3)nc21. The van der Waals surface area contributed by atoms with E-state index in [0.717, 1.165) is 12.1 Å². The lowest BCUT2D eigenvalue weighted by Crippen LogP contribution is -2.48. The normalized spacial score (nSPS) is 15.6. The highest BCUT2D eigenvalue weighted by Crippen LogP contribution is 2.29. The number of aliphatic carboxylic acids is 1. The van der Waals surface area contributed by atoms with Crippen LogP contribution in [0.2, 0.25) is 0 Å². The highest BCUT2D eigenvalue weighted by molar-refractivity contribution is 5.85. The van der Waals surface area contributed by atoms with Crippen LogP contribution in [0.1, 0.15) is 13.3 Å². The summed E-state index contributed by atoms with van der Waals surface area (Å²) < 4.78 is 36.3. The van der Waals surface area contributed by atoms with Gasteiger partial charge in [-0.05, 0) is 6.92 Å². The molecule has 0 bridgehead atoms. The number of aromatic nitrogens is 5. The molecule has 1 aliphatic heterocycles. The Labute approximate surface area is 204 Å². The van der Waals surface area contributed by atoms with Crippen molar-refractivity contribution in [3.05, 3.63) is 34.1 Å².